The average molecular weight is 985 g/mol. The normalized spacial score (nSPS) is 13.5. The van der Waals surface area contributed by atoms with Crippen LogP contribution in [-0.4, -0.2) is 116 Å². The first-order chi connectivity index (χ1) is 27.0. The molecule has 0 aliphatic carbocycles. The fraction of sp³-hybridized carbons (Fsp3) is 0.952. The summed E-state index contributed by atoms with van der Waals surface area (Å²) in [5.41, 5.74) is 0. The Labute approximate surface area is 368 Å². The minimum absolute atomic E-state index is 0.0353. The maximum absolute atomic E-state index is 12.7. The van der Waals surface area contributed by atoms with E-state index in [0.29, 0.717) is 17.4 Å². The molecule has 0 aliphatic rings. The molecule has 0 radical (unpaired) electrons. The van der Waals surface area contributed by atoms with Gasteiger partial charge in [0, 0.05) is 0 Å². The Morgan fingerprint density at radius 1 is 0.554 bits per heavy atom. The van der Waals surface area contributed by atoms with E-state index in [2.05, 4.69) is 25.3 Å². The SMILES string of the molecule is C[N+](C)(C)CCOP(=O)(O)OCC(COC(=O)CCCCCCC[Se]CCCCCCCCCS)OC(=O)CCCCCCC[Se]CCCCCCCCCS. The molecule has 0 aromatic rings. The first kappa shape index (κ1) is 56.7. The number of esters is 2. The Balaban J connectivity index is 4.26. The van der Waals surface area contributed by atoms with Crippen molar-refractivity contribution in [2.24, 2.45) is 0 Å². The third-order valence-corrected chi connectivity index (χ3v) is 15.9. The third kappa shape index (κ3) is 44.3. The van der Waals surface area contributed by atoms with Crippen LogP contribution in [0.2, 0.25) is 21.3 Å². The Morgan fingerprint density at radius 3 is 1.34 bits per heavy atom. The van der Waals surface area contributed by atoms with E-state index in [1.807, 2.05) is 21.1 Å². The summed E-state index contributed by atoms with van der Waals surface area (Å²) < 4.78 is 34.4. The number of hydrogen-bond acceptors (Lipinski definition) is 9. The molecule has 0 rings (SSSR count). The molecule has 334 valence electrons. The number of phosphoric ester groups is 1. The first-order valence-corrected chi connectivity index (χ1v) is 29.7. The van der Waals surface area contributed by atoms with Gasteiger partial charge in [0.25, 0.3) is 0 Å². The van der Waals surface area contributed by atoms with Crippen LogP contribution in [0.1, 0.15) is 167 Å². The number of nitrogens with zero attached hydrogens (tertiary/aromatic N) is 1. The predicted octanol–water partition coefficient (Wildman–Crippen LogP) is 11.4. The van der Waals surface area contributed by atoms with E-state index in [4.69, 9.17) is 18.5 Å². The number of ether oxygens (including phenoxy) is 2. The zero-order valence-electron chi connectivity index (χ0n) is 35.9. The van der Waals surface area contributed by atoms with Gasteiger partial charge in [0.2, 0.25) is 0 Å². The van der Waals surface area contributed by atoms with E-state index in [-0.39, 0.29) is 25.6 Å². The second-order valence-electron chi connectivity index (χ2n) is 16.1. The molecule has 0 amide bonds. The third-order valence-electron chi connectivity index (χ3n) is 9.40. The van der Waals surface area contributed by atoms with Gasteiger partial charge in [-0.15, -0.1) is 0 Å². The van der Waals surface area contributed by atoms with Gasteiger partial charge in [0.05, 0.1) is 21.1 Å². The molecule has 0 heterocycles. The summed E-state index contributed by atoms with van der Waals surface area (Å²) in [7, 11) is 1.49. The van der Waals surface area contributed by atoms with Crippen molar-refractivity contribution in [1.29, 1.82) is 0 Å². The van der Waals surface area contributed by atoms with Gasteiger partial charge in [-0.2, -0.15) is 0 Å². The number of thiol groups is 2. The van der Waals surface area contributed by atoms with Gasteiger partial charge in [0.1, 0.15) is 13.2 Å². The summed E-state index contributed by atoms with van der Waals surface area (Å²) in [5, 5.41) is 5.47. The summed E-state index contributed by atoms with van der Waals surface area (Å²) in [6, 6.07) is 0. The van der Waals surface area contributed by atoms with Crippen LogP contribution in [0.25, 0.3) is 0 Å². The molecule has 0 fully saturated rings. The monoisotopic (exact) mass is 986 g/mol. The van der Waals surface area contributed by atoms with Crippen LogP contribution in [0.4, 0.5) is 0 Å². The molecule has 1 N–H and O–H groups in total. The number of hydrogen-bond donors (Lipinski definition) is 3. The van der Waals surface area contributed by atoms with Gasteiger partial charge in [-0.25, -0.2) is 4.57 Å². The van der Waals surface area contributed by atoms with Crippen molar-refractivity contribution >= 4 is 74.9 Å². The molecule has 0 saturated carbocycles. The number of carbonyl (C=O) groups excluding carboxylic acids is 2. The standard InChI is InChI=1S/C42H84NO8PS2Se2/c1-43(2,3)30-31-49-52(46,47)50-39-40(51-42(45)29-21-13-11-19-27-37-56-35-25-17-9-5-7-15-23-33-54)38-48-41(44)28-20-12-10-18-26-36-55-34-24-16-8-4-6-14-22-32-53/h40H,4-39H2,1-3H3,(H2-,46,47,53,54)/p+1. The fourth-order valence-corrected chi connectivity index (χ4v) is 11.3. The van der Waals surface area contributed by atoms with Crippen molar-refractivity contribution < 1.29 is 42.1 Å². The zero-order valence-corrected chi connectivity index (χ0v) is 42.1. The van der Waals surface area contributed by atoms with Crippen molar-refractivity contribution in [2.75, 3.05) is 59.0 Å². The van der Waals surface area contributed by atoms with E-state index in [1.165, 1.54) is 137 Å². The van der Waals surface area contributed by atoms with Crippen LogP contribution in [-0.2, 0) is 32.7 Å². The number of phosphoric acid groups is 1. The van der Waals surface area contributed by atoms with Crippen LogP contribution in [0.5, 0.6) is 0 Å². The van der Waals surface area contributed by atoms with Crippen LogP contribution >= 0.6 is 33.1 Å². The molecular formula is C42H85NO8PS2Se2+. The van der Waals surface area contributed by atoms with Crippen molar-refractivity contribution in [2.45, 2.75) is 194 Å². The van der Waals surface area contributed by atoms with Crippen molar-refractivity contribution in [1.82, 2.24) is 0 Å². The molecular weight excluding hydrogens is 899 g/mol. The first-order valence-electron chi connectivity index (χ1n) is 22.1. The van der Waals surface area contributed by atoms with E-state index in [0.717, 1.165) is 79.9 Å². The molecule has 0 aromatic carbocycles. The molecule has 0 spiro atoms. The molecule has 0 aliphatic heterocycles. The molecule has 0 aromatic heterocycles. The Bertz CT molecular complexity index is 951. The minimum atomic E-state index is -4.37. The van der Waals surface area contributed by atoms with Crippen LogP contribution in [0, 0.1) is 0 Å². The number of quaternary nitrogens is 1. The van der Waals surface area contributed by atoms with Gasteiger partial charge in [-0.05, 0) is 0 Å². The molecule has 2 atom stereocenters. The summed E-state index contributed by atoms with van der Waals surface area (Å²) >= 11 is 10.1. The molecule has 0 saturated heterocycles. The Hall–Kier alpha value is 0.749. The van der Waals surface area contributed by atoms with Gasteiger partial charge in [-0.3, -0.25) is 4.52 Å². The molecule has 2 unspecified atom stereocenters. The van der Waals surface area contributed by atoms with Gasteiger partial charge >= 0.3 is 318 Å². The Morgan fingerprint density at radius 2 is 0.929 bits per heavy atom. The van der Waals surface area contributed by atoms with E-state index >= 15 is 0 Å². The predicted molar refractivity (Wildman–Crippen MR) is 244 cm³/mol. The zero-order chi connectivity index (χ0) is 41.4. The topological polar surface area (TPSA) is 108 Å². The summed E-state index contributed by atoms with van der Waals surface area (Å²) in [6.07, 6.45) is 28.9. The van der Waals surface area contributed by atoms with Crippen molar-refractivity contribution in [3.05, 3.63) is 0 Å². The van der Waals surface area contributed by atoms with Gasteiger partial charge < -0.3 is 9.38 Å². The summed E-state index contributed by atoms with van der Waals surface area (Å²) in [4.78, 5) is 35.4. The van der Waals surface area contributed by atoms with E-state index in [9.17, 15) is 19.0 Å². The second kappa shape index (κ2) is 41.1. The van der Waals surface area contributed by atoms with Crippen LogP contribution in [0.3, 0.4) is 0 Å². The Kier molecular flexibility index (Phi) is 41.7. The molecule has 0 bridgehead atoms. The number of likely N-dealkylation sites (N-methyl/N-ethyl adjacent to an activating group) is 1. The fourth-order valence-electron chi connectivity index (χ4n) is 5.88. The van der Waals surface area contributed by atoms with E-state index < -0.39 is 26.5 Å². The summed E-state index contributed by atoms with van der Waals surface area (Å²) in [5.74, 6) is 1.24. The quantitative estimate of drug-likeness (QED) is 0.0138. The van der Waals surface area contributed by atoms with E-state index in [1.54, 1.807) is 0 Å². The molecule has 9 nitrogen and oxygen atoms in total. The molecule has 56 heavy (non-hydrogen) atoms. The maximum atomic E-state index is 12.7. The van der Waals surface area contributed by atoms with Crippen LogP contribution in [0.15, 0.2) is 0 Å². The number of unbranched alkanes of at least 4 members (excludes halogenated alkanes) is 20. The second-order valence-corrected chi connectivity index (χ2v) is 23.6. The van der Waals surface area contributed by atoms with Gasteiger partial charge in [0.15, 0.2) is 0 Å². The molecule has 14 heteroatoms. The number of carbonyl (C=O) groups is 2. The summed E-state index contributed by atoms with van der Waals surface area (Å²) in [6.45, 7) is -0.0675. The van der Waals surface area contributed by atoms with Crippen molar-refractivity contribution in [3.63, 3.8) is 0 Å². The van der Waals surface area contributed by atoms with Crippen molar-refractivity contribution in [3.8, 4) is 0 Å². The number of rotatable bonds is 44. The van der Waals surface area contributed by atoms with Gasteiger partial charge in [-0.1, -0.05) is 0 Å². The average Bonchev–Trinajstić information content (AvgIpc) is 3.15. The van der Waals surface area contributed by atoms with Crippen LogP contribution < -0.4 is 0 Å².